The highest BCUT2D eigenvalue weighted by atomic mass is 16.7. The molecule has 8 heteroatoms. The standard InChI is InChI=1S/C27H30N4O4/c1-33-23-10-8-22(9-11-23)30-13-15-31(16-14-30)24(20-7-12-25-26(17-20)35-19-34-25)18-28-27(32)29-21-5-3-2-4-6-21/h2-12,17,24H,13-16,18-19H2,1H3,(H2,28,29,32)/t24-/m0/s1. The van der Waals surface area contributed by atoms with Crippen molar-refractivity contribution in [1.29, 1.82) is 0 Å². The maximum absolute atomic E-state index is 12.6. The fraction of sp³-hybridized carbons (Fsp3) is 0.296. The van der Waals surface area contributed by atoms with Gasteiger partial charge in [0.25, 0.3) is 0 Å². The summed E-state index contributed by atoms with van der Waals surface area (Å²) in [5.74, 6) is 2.36. The molecule has 2 heterocycles. The molecule has 0 aromatic heterocycles. The average molecular weight is 475 g/mol. The molecule has 3 aromatic carbocycles. The van der Waals surface area contributed by atoms with Crippen molar-refractivity contribution in [3.8, 4) is 17.2 Å². The summed E-state index contributed by atoms with van der Waals surface area (Å²) in [6.45, 7) is 4.23. The van der Waals surface area contributed by atoms with Gasteiger partial charge in [-0.1, -0.05) is 24.3 Å². The molecule has 0 aliphatic carbocycles. The number of amides is 2. The van der Waals surface area contributed by atoms with Gasteiger partial charge in [-0.2, -0.15) is 0 Å². The molecule has 0 radical (unpaired) electrons. The molecule has 0 spiro atoms. The highest BCUT2D eigenvalue weighted by molar-refractivity contribution is 5.89. The highest BCUT2D eigenvalue weighted by Crippen LogP contribution is 2.36. The maximum atomic E-state index is 12.6. The van der Waals surface area contributed by atoms with E-state index in [0.717, 1.165) is 54.7 Å². The molecule has 8 nitrogen and oxygen atoms in total. The third-order valence-electron chi connectivity index (χ3n) is 6.46. The van der Waals surface area contributed by atoms with E-state index < -0.39 is 0 Å². The number of nitrogens with one attached hydrogen (secondary N) is 2. The highest BCUT2D eigenvalue weighted by Gasteiger charge is 2.27. The fourth-order valence-corrected chi connectivity index (χ4v) is 4.55. The van der Waals surface area contributed by atoms with Crippen LogP contribution in [-0.2, 0) is 0 Å². The van der Waals surface area contributed by atoms with E-state index in [9.17, 15) is 4.79 Å². The van der Waals surface area contributed by atoms with Gasteiger partial charge in [-0.05, 0) is 54.1 Å². The van der Waals surface area contributed by atoms with Crippen LogP contribution in [0.5, 0.6) is 17.2 Å². The van der Waals surface area contributed by atoms with Gasteiger partial charge in [-0.25, -0.2) is 4.79 Å². The number of hydrogen-bond acceptors (Lipinski definition) is 6. The van der Waals surface area contributed by atoms with Crippen LogP contribution in [0.1, 0.15) is 11.6 Å². The van der Waals surface area contributed by atoms with E-state index in [4.69, 9.17) is 14.2 Å². The minimum Gasteiger partial charge on any atom is -0.497 e. The van der Waals surface area contributed by atoms with Crippen molar-refractivity contribution in [2.75, 3.05) is 56.8 Å². The summed E-state index contributed by atoms with van der Waals surface area (Å²) in [5.41, 5.74) is 3.04. The quantitative estimate of drug-likeness (QED) is 0.537. The van der Waals surface area contributed by atoms with E-state index >= 15 is 0 Å². The second-order valence-corrected chi connectivity index (χ2v) is 8.55. The number of methoxy groups -OCH3 is 1. The van der Waals surface area contributed by atoms with Gasteiger partial charge in [0.05, 0.1) is 13.2 Å². The minimum atomic E-state index is -0.223. The van der Waals surface area contributed by atoms with Gasteiger partial charge in [-0.3, -0.25) is 4.90 Å². The Labute approximate surface area is 205 Å². The zero-order valence-electron chi connectivity index (χ0n) is 19.8. The van der Waals surface area contributed by atoms with Crippen LogP contribution >= 0.6 is 0 Å². The summed E-state index contributed by atoms with van der Waals surface area (Å²) in [5, 5.41) is 5.96. The number of fused-ring (bicyclic) bond motifs is 1. The molecule has 0 saturated carbocycles. The molecule has 182 valence electrons. The lowest BCUT2D eigenvalue weighted by Gasteiger charge is -2.40. The number of urea groups is 1. The van der Waals surface area contributed by atoms with E-state index in [1.54, 1.807) is 7.11 Å². The number of nitrogens with zero attached hydrogens (tertiary/aromatic N) is 2. The maximum Gasteiger partial charge on any atom is 0.319 e. The van der Waals surface area contributed by atoms with Crippen molar-refractivity contribution in [2.24, 2.45) is 0 Å². The number of anilines is 2. The number of benzene rings is 3. The van der Waals surface area contributed by atoms with Crippen LogP contribution in [-0.4, -0.2) is 57.6 Å². The summed E-state index contributed by atoms with van der Waals surface area (Å²) in [6.07, 6.45) is 0. The Kier molecular flexibility index (Phi) is 6.90. The minimum absolute atomic E-state index is 0.00374. The first-order valence-electron chi connectivity index (χ1n) is 11.8. The normalized spacial score (nSPS) is 16.0. The summed E-state index contributed by atoms with van der Waals surface area (Å²) in [4.78, 5) is 17.4. The summed E-state index contributed by atoms with van der Waals surface area (Å²) >= 11 is 0. The van der Waals surface area contributed by atoms with Gasteiger partial charge < -0.3 is 29.7 Å². The molecular weight excluding hydrogens is 444 g/mol. The molecule has 2 N–H and O–H groups in total. The first-order valence-corrected chi connectivity index (χ1v) is 11.8. The van der Waals surface area contributed by atoms with Crippen LogP contribution in [0.3, 0.4) is 0 Å². The Bertz CT molecular complexity index is 1130. The zero-order valence-corrected chi connectivity index (χ0v) is 19.8. The second kappa shape index (κ2) is 10.6. The number of para-hydroxylation sites is 1. The molecule has 2 amide bonds. The monoisotopic (exact) mass is 474 g/mol. The number of carbonyl (C=O) groups excluding carboxylic acids is 1. The van der Waals surface area contributed by atoms with Gasteiger partial charge in [0.15, 0.2) is 11.5 Å². The number of hydrogen-bond donors (Lipinski definition) is 2. The van der Waals surface area contributed by atoms with Crippen LogP contribution in [0.4, 0.5) is 16.2 Å². The molecule has 1 saturated heterocycles. The number of rotatable bonds is 7. The van der Waals surface area contributed by atoms with Gasteiger partial charge in [-0.15, -0.1) is 0 Å². The molecule has 1 fully saturated rings. The largest absolute Gasteiger partial charge is 0.497 e. The summed E-state index contributed by atoms with van der Waals surface area (Å²) < 4.78 is 16.4. The molecule has 2 aliphatic rings. The zero-order chi connectivity index (χ0) is 24.0. The van der Waals surface area contributed by atoms with Crippen LogP contribution in [0.25, 0.3) is 0 Å². The van der Waals surface area contributed by atoms with Crippen LogP contribution in [0.15, 0.2) is 72.8 Å². The van der Waals surface area contributed by atoms with E-state index in [0.29, 0.717) is 6.54 Å². The Morgan fingerprint density at radius 3 is 2.43 bits per heavy atom. The second-order valence-electron chi connectivity index (χ2n) is 8.55. The number of piperazine rings is 1. The lowest BCUT2D eigenvalue weighted by Crippen LogP contribution is -2.50. The third kappa shape index (κ3) is 5.44. The Morgan fingerprint density at radius 2 is 1.69 bits per heavy atom. The predicted octanol–water partition coefficient (Wildman–Crippen LogP) is 4.11. The van der Waals surface area contributed by atoms with Crippen LogP contribution in [0, 0.1) is 0 Å². The Balaban J connectivity index is 1.27. The third-order valence-corrected chi connectivity index (χ3v) is 6.46. The molecule has 0 unspecified atom stereocenters. The van der Waals surface area contributed by atoms with Crippen molar-refractivity contribution in [1.82, 2.24) is 10.2 Å². The molecule has 2 aliphatic heterocycles. The first-order chi connectivity index (χ1) is 17.2. The Hall–Kier alpha value is -3.91. The SMILES string of the molecule is COc1ccc(N2CCN([C@@H](CNC(=O)Nc3ccccc3)c3ccc4c(c3)OCO4)CC2)cc1. The van der Waals surface area contributed by atoms with Crippen LogP contribution < -0.4 is 29.7 Å². The topological polar surface area (TPSA) is 75.3 Å². The smallest absolute Gasteiger partial charge is 0.319 e. The molecule has 0 bridgehead atoms. The van der Waals surface area contributed by atoms with Gasteiger partial charge in [0.1, 0.15) is 5.75 Å². The van der Waals surface area contributed by atoms with E-state index in [-0.39, 0.29) is 18.9 Å². The molecule has 1 atom stereocenters. The van der Waals surface area contributed by atoms with Gasteiger partial charge >= 0.3 is 6.03 Å². The summed E-state index contributed by atoms with van der Waals surface area (Å²) in [7, 11) is 1.68. The number of carbonyl (C=O) groups is 1. The first kappa shape index (κ1) is 22.9. The fourth-order valence-electron chi connectivity index (χ4n) is 4.55. The van der Waals surface area contributed by atoms with Crippen molar-refractivity contribution >= 4 is 17.4 Å². The van der Waals surface area contributed by atoms with Gasteiger partial charge in [0, 0.05) is 44.1 Å². The molecule has 35 heavy (non-hydrogen) atoms. The van der Waals surface area contributed by atoms with E-state index in [2.05, 4.69) is 38.6 Å². The summed E-state index contributed by atoms with van der Waals surface area (Å²) in [6, 6.07) is 23.4. The van der Waals surface area contributed by atoms with Crippen molar-refractivity contribution < 1.29 is 19.0 Å². The van der Waals surface area contributed by atoms with Crippen LogP contribution in [0.2, 0.25) is 0 Å². The van der Waals surface area contributed by atoms with Crippen molar-refractivity contribution in [3.05, 3.63) is 78.4 Å². The molecule has 5 rings (SSSR count). The van der Waals surface area contributed by atoms with Crippen molar-refractivity contribution in [3.63, 3.8) is 0 Å². The van der Waals surface area contributed by atoms with E-state index in [1.807, 2.05) is 54.6 Å². The van der Waals surface area contributed by atoms with Crippen molar-refractivity contribution in [2.45, 2.75) is 6.04 Å². The predicted molar refractivity (Wildman–Crippen MR) is 136 cm³/mol. The number of ether oxygens (including phenoxy) is 3. The lowest BCUT2D eigenvalue weighted by molar-refractivity contribution is 0.173. The van der Waals surface area contributed by atoms with Gasteiger partial charge in [0.2, 0.25) is 6.79 Å². The van der Waals surface area contributed by atoms with E-state index in [1.165, 1.54) is 5.69 Å². The molecular formula is C27H30N4O4. The Morgan fingerprint density at radius 1 is 0.943 bits per heavy atom. The molecule has 3 aromatic rings. The lowest BCUT2D eigenvalue weighted by atomic mass is 10.0. The average Bonchev–Trinajstić information content (AvgIpc) is 3.38.